The quantitative estimate of drug-likeness (QED) is 0.493. The summed E-state index contributed by atoms with van der Waals surface area (Å²) in [5, 5.41) is 1.55. The number of carbonyl (C=O) groups is 2. The molecule has 1 aliphatic heterocycles. The summed E-state index contributed by atoms with van der Waals surface area (Å²) >= 11 is 5.96. The Morgan fingerprint density at radius 1 is 1.03 bits per heavy atom. The minimum Gasteiger partial charge on any atom is -0.457 e. The molecular formula is C21H15ClN2O5S. The van der Waals surface area contributed by atoms with Crippen LogP contribution in [-0.4, -0.2) is 26.5 Å². The van der Waals surface area contributed by atoms with Crippen LogP contribution in [0.5, 0.6) is 0 Å². The third kappa shape index (κ3) is 3.87. The van der Waals surface area contributed by atoms with Gasteiger partial charge in [-0.25, -0.2) is 13.4 Å². The Hall–Kier alpha value is -3.36. The molecule has 0 spiro atoms. The number of furan rings is 1. The maximum absolute atomic E-state index is 12.7. The summed E-state index contributed by atoms with van der Waals surface area (Å²) < 4.78 is 28.9. The molecule has 3 aromatic rings. The first-order chi connectivity index (χ1) is 14.2. The number of sulfone groups is 1. The van der Waals surface area contributed by atoms with Gasteiger partial charge in [0.25, 0.3) is 11.8 Å². The van der Waals surface area contributed by atoms with Gasteiger partial charge in [0.15, 0.2) is 9.84 Å². The van der Waals surface area contributed by atoms with Crippen molar-refractivity contribution in [2.75, 3.05) is 11.3 Å². The van der Waals surface area contributed by atoms with Gasteiger partial charge in [0.05, 0.1) is 10.6 Å². The summed E-state index contributed by atoms with van der Waals surface area (Å²) in [6, 6.07) is 16.1. The topological polar surface area (TPSA) is 96.7 Å². The van der Waals surface area contributed by atoms with E-state index in [1.54, 1.807) is 48.5 Å². The van der Waals surface area contributed by atoms with E-state index in [-0.39, 0.29) is 10.5 Å². The van der Waals surface area contributed by atoms with Crippen LogP contribution < -0.4 is 10.4 Å². The second kappa shape index (κ2) is 7.47. The first-order valence-electron chi connectivity index (χ1n) is 8.75. The van der Waals surface area contributed by atoms with Crippen LogP contribution in [0.25, 0.3) is 17.4 Å². The second-order valence-electron chi connectivity index (χ2n) is 6.62. The lowest BCUT2D eigenvalue weighted by molar-refractivity contribution is -0.117. The van der Waals surface area contributed by atoms with Gasteiger partial charge < -0.3 is 4.42 Å². The number of amides is 2. The Morgan fingerprint density at radius 3 is 2.43 bits per heavy atom. The molecule has 7 nitrogen and oxygen atoms in total. The monoisotopic (exact) mass is 442 g/mol. The Labute approximate surface area is 177 Å². The van der Waals surface area contributed by atoms with Gasteiger partial charge in [-0.05, 0) is 60.7 Å². The third-order valence-electron chi connectivity index (χ3n) is 4.44. The van der Waals surface area contributed by atoms with Gasteiger partial charge in [-0.2, -0.15) is 0 Å². The highest BCUT2D eigenvalue weighted by Crippen LogP contribution is 2.27. The van der Waals surface area contributed by atoms with Gasteiger partial charge in [0.1, 0.15) is 17.1 Å². The molecule has 0 saturated carbocycles. The fourth-order valence-corrected chi connectivity index (χ4v) is 3.76. The van der Waals surface area contributed by atoms with Crippen molar-refractivity contribution in [1.82, 2.24) is 5.43 Å². The predicted octanol–water partition coefficient (Wildman–Crippen LogP) is 3.46. The number of nitrogens with zero attached hydrogens (tertiary/aromatic N) is 1. The maximum atomic E-state index is 12.7. The largest absolute Gasteiger partial charge is 0.457 e. The van der Waals surface area contributed by atoms with Crippen molar-refractivity contribution in [3.63, 3.8) is 0 Å². The molecule has 30 heavy (non-hydrogen) atoms. The average molecular weight is 443 g/mol. The molecule has 0 aliphatic carbocycles. The van der Waals surface area contributed by atoms with Crippen LogP contribution >= 0.6 is 11.6 Å². The minimum atomic E-state index is -3.29. The molecule has 2 amide bonds. The maximum Gasteiger partial charge on any atom is 0.282 e. The average Bonchev–Trinajstić information content (AvgIpc) is 3.28. The number of hydrogen-bond acceptors (Lipinski definition) is 5. The Morgan fingerprint density at radius 2 is 1.77 bits per heavy atom. The van der Waals surface area contributed by atoms with Crippen molar-refractivity contribution in [1.29, 1.82) is 0 Å². The lowest BCUT2D eigenvalue weighted by Crippen LogP contribution is -2.35. The second-order valence-corrected chi connectivity index (χ2v) is 9.07. The van der Waals surface area contributed by atoms with Gasteiger partial charge >= 0.3 is 0 Å². The lowest BCUT2D eigenvalue weighted by atomic mass is 10.2. The highest BCUT2D eigenvalue weighted by atomic mass is 35.5. The lowest BCUT2D eigenvalue weighted by Gasteiger charge is -2.14. The van der Waals surface area contributed by atoms with Crippen LogP contribution in [0.1, 0.15) is 5.76 Å². The summed E-state index contributed by atoms with van der Waals surface area (Å²) in [5.74, 6) is -0.309. The molecule has 1 saturated heterocycles. The van der Waals surface area contributed by atoms with Gasteiger partial charge in [0.2, 0.25) is 0 Å². The van der Waals surface area contributed by atoms with E-state index in [1.807, 2.05) is 0 Å². The minimum absolute atomic E-state index is 0.0803. The molecule has 0 radical (unpaired) electrons. The van der Waals surface area contributed by atoms with Crippen molar-refractivity contribution >= 4 is 45.0 Å². The first kappa shape index (κ1) is 19.9. The van der Waals surface area contributed by atoms with Crippen molar-refractivity contribution < 1.29 is 22.4 Å². The van der Waals surface area contributed by atoms with Crippen LogP contribution in [0.15, 0.2) is 75.5 Å². The third-order valence-corrected chi connectivity index (χ3v) is 5.80. The number of carbonyl (C=O) groups excluding carboxylic acids is 2. The van der Waals surface area contributed by atoms with Gasteiger partial charge in [-0.15, -0.1) is 0 Å². The summed E-state index contributed by atoms with van der Waals surface area (Å²) in [4.78, 5) is 25.2. The van der Waals surface area contributed by atoms with E-state index >= 15 is 0 Å². The van der Waals surface area contributed by atoms with Gasteiger partial charge in [-0.3, -0.25) is 15.0 Å². The van der Waals surface area contributed by atoms with Gasteiger partial charge in [0, 0.05) is 16.8 Å². The van der Waals surface area contributed by atoms with Gasteiger partial charge in [-0.1, -0.05) is 17.7 Å². The first-order valence-corrected chi connectivity index (χ1v) is 11.0. The molecule has 0 atom stereocenters. The van der Waals surface area contributed by atoms with E-state index < -0.39 is 21.7 Å². The summed E-state index contributed by atoms with van der Waals surface area (Å²) in [5.41, 5.74) is 3.52. The Kier molecular flexibility index (Phi) is 4.97. The molecule has 1 N–H and O–H groups in total. The highest BCUT2D eigenvalue weighted by molar-refractivity contribution is 7.90. The molecule has 2 heterocycles. The standard InChI is InChI=1S/C21H15ClN2O5S/c1-30(27,28)17-8-5-13(6-9-17)19-10-7-16(29-19)12-18-20(25)23-24(21(18)26)15-4-2-3-14(22)11-15/h2-12H,1H3,(H,23,25). The summed E-state index contributed by atoms with van der Waals surface area (Å²) in [6.45, 7) is 0. The summed E-state index contributed by atoms with van der Waals surface area (Å²) in [6.07, 6.45) is 2.49. The fourth-order valence-electron chi connectivity index (χ4n) is 2.95. The number of benzene rings is 2. The predicted molar refractivity (Wildman–Crippen MR) is 112 cm³/mol. The number of hydrazine groups is 1. The number of halogens is 1. The van der Waals surface area contributed by atoms with E-state index in [0.29, 0.717) is 27.8 Å². The molecule has 1 aromatic heterocycles. The zero-order valence-electron chi connectivity index (χ0n) is 15.6. The zero-order valence-corrected chi connectivity index (χ0v) is 17.2. The molecule has 9 heteroatoms. The van der Waals surface area contributed by atoms with Crippen LogP contribution in [0.3, 0.4) is 0 Å². The van der Waals surface area contributed by atoms with Crippen LogP contribution in [0.4, 0.5) is 5.69 Å². The van der Waals surface area contributed by atoms with E-state index in [1.165, 1.54) is 18.2 Å². The van der Waals surface area contributed by atoms with E-state index in [9.17, 15) is 18.0 Å². The molecule has 152 valence electrons. The van der Waals surface area contributed by atoms with Crippen molar-refractivity contribution in [3.8, 4) is 11.3 Å². The normalized spacial score (nSPS) is 15.7. The molecule has 0 unspecified atom stereocenters. The molecule has 1 fully saturated rings. The number of hydrogen-bond donors (Lipinski definition) is 1. The Balaban J connectivity index is 1.59. The number of nitrogens with one attached hydrogen (secondary N) is 1. The number of rotatable bonds is 4. The Bertz CT molecular complexity index is 1290. The van der Waals surface area contributed by atoms with Crippen molar-refractivity contribution in [2.45, 2.75) is 4.90 Å². The van der Waals surface area contributed by atoms with Crippen LogP contribution in [0.2, 0.25) is 5.02 Å². The summed E-state index contributed by atoms with van der Waals surface area (Å²) in [7, 11) is -3.29. The zero-order chi connectivity index (χ0) is 21.5. The SMILES string of the molecule is CS(=O)(=O)c1ccc(-c2ccc(C=C3C(=O)NN(c4cccc(Cl)c4)C3=O)o2)cc1. The van der Waals surface area contributed by atoms with Crippen molar-refractivity contribution in [2.24, 2.45) is 0 Å². The molecule has 0 bridgehead atoms. The van der Waals surface area contributed by atoms with E-state index in [2.05, 4.69) is 5.43 Å². The van der Waals surface area contributed by atoms with Crippen LogP contribution in [-0.2, 0) is 19.4 Å². The van der Waals surface area contributed by atoms with Crippen LogP contribution in [0, 0.1) is 0 Å². The van der Waals surface area contributed by atoms with Crippen molar-refractivity contribution in [3.05, 3.63) is 77.0 Å². The van der Waals surface area contributed by atoms with E-state index in [0.717, 1.165) is 11.3 Å². The highest BCUT2D eigenvalue weighted by Gasteiger charge is 2.34. The number of anilines is 1. The molecule has 2 aromatic carbocycles. The molecule has 4 rings (SSSR count). The van der Waals surface area contributed by atoms with E-state index in [4.69, 9.17) is 16.0 Å². The molecule has 1 aliphatic rings. The molecular weight excluding hydrogens is 428 g/mol. The smallest absolute Gasteiger partial charge is 0.282 e. The fraction of sp³-hybridized carbons (Fsp3) is 0.0476.